The molecule has 7 heteroatoms. The van der Waals surface area contributed by atoms with Gasteiger partial charge in [-0.15, -0.1) is 0 Å². The van der Waals surface area contributed by atoms with Crippen molar-refractivity contribution in [1.29, 1.82) is 0 Å². The predicted octanol–water partition coefficient (Wildman–Crippen LogP) is 0.0690. The maximum absolute atomic E-state index is 13.5. The maximum Gasteiger partial charge on any atom is 0.265 e. The van der Waals surface area contributed by atoms with Crippen LogP contribution in [0.3, 0.4) is 0 Å². The lowest BCUT2D eigenvalue weighted by molar-refractivity contribution is 0.0953. The molecule has 0 fully saturated rings. The maximum atomic E-state index is 13.5. The summed E-state index contributed by atoms with van der Waals surface area (Å²) < 4.78 is 15.0. The molecule has 0 atom stereocenters. The van der Waals surface area contributed by atoms with Crippen LogP contribution in [0.4, 0.5) is 4.39 Å². The van der Waals surface area contributed by atoms with Gasteiger partial charge in [-0.3, -0.25) is 10.2 Å². The van der Waals surface area contributed by atoms with E-state index in [-0.39, 0.29) is 6.54 Å². The minimum absolute atomic E-state index is 0.206. The summed E-state index contributed by atoms with van der Waals surface area (Å²) in [6.07, 6.45) is 2.82. The Labute approximate surface area is 96.2 Å². The number of nitrogen functional groups attached to an aromatic ring is 1. The fourth-order valence-electron chi connectivity index (χ4n) is 1.41. The van der Waals surface area contributed by atoms with Crippen LogP contribution in [0.2, 0.25) is 0 Å². The lowest BCUT2D eigenvalue weighted by Gasteiger charge is -2.05. The Balaban J connectivity index is 2.29. The second-order valence-electron chi connectivity index (χ2n) is 3.37. The minimum Gasteiger partial charge on any atom is -0.290 e. The second kappa shape index (κ2) is 4.71. The van der Waals surface area contributed by atoms with Gasteiger partial charge in [0.1, 0.15) is 18.5 Å². The molecule has 0 aliphatic rings. The van der Waals surface area contributed by atoms with E-state index in [9.17, 15) is 9.18 Å². The van der Waals surface area contributed by atoms with Gasteiger partial charge in [0, 0.05) is 11.1 Å². The zero-order valence-electron chi connectivity index (χ0n) is 8.80. The van der Waals surface area contributed by atoms with Gasteiger partial charge in [0.15, 0.2) is 0 Å². The lowest BCUT2D eigenvalue weighted by Crippen LogP contribution is -2.30. The van der Waals surface area contributed by atoms with Gasteiger partial charge in [0.25, 0.3) is 5.91 Å². The zero-order chi connectivity index (χ0) is 12.3. The first kappa shape index (κ1) is 11.2. The van der Waals surface area contributed by atoms with E-state index < -0.39 is 11.7 Å². The Kier molecular flexibility index (Phi) is 3.10. The largest absolute Gasteiger partial charge is 0.290 e. The van der Waals surface area contributed by atoms with Gasteiger partial charge in [0.05, 0.1) is 6.54 Å². The molecule has 1 amide bonds. The summed E-state index contributed by atoms with van der Waals surface area (Å²) in [6, 6.07) is 4.01. The normalized spacial score (nSPS) is 10.2. The van der Waals surface area contributed by atoms with E-state index in [1.54, 1.807) is 0 Å². The second-order valence-corrected chi connectivity index (χ2v) is 3.37. The fourth-order valence-corrected chi connectivity index (χ4v) is 1.41. The van der Waals surface area contributed by atoms with Gasteiger partial charge in [-0.2, -0.15) is 5.10 Å². The lowest BCUT2D eigenvalue weighted by atomic mass is 10.1. The molecule has 0 saturated carbocycles. The van der Waals surface area contributed by atoms with E-state index in [0.717, 1.165) is 0 Å². The third-order valence-electron chi connectivity index (χ3n) is 2.24. The van der Waals surface area contributed by atoms with Crippen molar-refractivity contribution < 1.29 is 9.18 Å². The molecule has 0 saturated heterocycles. The summed E-state index contributed by atoms with van der Waals surface area (Å²) in [7, 11) is 0. The van der Waals surface area contributed by atoms with Crippen molar-refractivity contribution in [3.05, 3.63) is 47.8 Å². The first-order valence-corrected chi connectivity index (χ1v) is 4.82. The summed E-state index contributed by atoms with van der Waals surface area (Å²) in [4.78, 5) is 15.0. The Morgan fingerprint density at radius 2 is 2.35 bits per heavy atom. The van der Waals surface area contributed by atoms with E-state index in [1.807, 2.05) is 5.43 Å². The number of nitrogens with one attached hydrogen (secondary N) is 1. The summed E-state index contributed by atoms with van der Waals surface area (Å²) in [5.41, 5.74) is 2.63. The number of rotatable bonds is 3. The molecule has 0 radical (unpaired) electrons. The highest BCUT2D eigenvalue weighted by molar-refractivity contribution is 5.93. The zero-order valence-corrected chi connectivity index (χ0v) is 8.80. The number of benzene rings is 1. The average molecular weight is 235 g/mol. The van der Waals surface area contributed by atoms with Crippen LogP contribution in [-0.2, 0) is 6.54 Å². The Hall–Kier alpha value is -2.28. The molecule has 3 N–H and O–H groups in total. The number of hydrogen-bond donors (Lipinski definition) is 2. The summed E-state index contributed by atoms with van der Waals surface area (Å²) >= 11 is 0. The van der Waals surface area contributed by atoms with Crippen LogP contribution < -0.4 is 11.3 Å². The molecule has 2 rings (SSSR count). The van der Waals surface area contributed by atoms with Gasteiger partial charge < -0.3 is 0 Å². The molecule has 0 spiro atoms. The number of nitrogens with zero attached hydrogens (tertiary/aromatic N) is 3. The number of nitrogens with two attached hydrogens (primary N) is 1. The van der Waals surface area contributed by atoms with E-state index in [1.165, 1.54) is 35.5 Å². The molecule has 6 nitrogen and oxygen atoms in total. The van der Waals surface area contributed by atoms with E-state index in [2.05, 4.69) is 10.1 Å². The van der Waals surface area contributed by atoms with Crippen molar-refractivity contribution in [1.82, 2.24) is 20.2 Å². The van der Waals surface area contributed by atoms with E-state index in [4.69, 9.17) is 5.84 Å². The first-order chi connectivity index (χ1) is 8.20. The SMILES string of the molecule is NNC(=O)c1ccc(F)c(Cn2cncn2)c1. The summed E-state index contributed by atoms with van der Waals surface area (Å²) in [5.74, 6) is 4.13. The third kappa shape index (κ3) is 2.45. The highest BCUT2D eigenvalue weighted by atomic mass is 19.1. The summed E-state index contributed by atoms with van der Waals surface area (Å²) in [6.45, 7) is 0.206. The monoisotopic (exact) mass is 235 g/mol. The van der Waals surface area contributed by atoms with Crippen molar-refractivity contribution in [2.24, 2.45) is 5.84 Å². The van der Waals surface area contributed by atoms with Gasteiger partial charge >= 0.3 is 0 Å². The molecular weight excluding hydrogens is 225 g/mol. The average Bonchev–Trinajstić information content (AvgIpc) is 2.84. The fraction of sp³-hybridized carbons (Fsp3) is 0.100. The van der Waals surface area contributed by atoms with Crippen LogP contribution >= 0.6 is 0 Å². The molecule has 0 unspecified atom stereocenters. The number of carbonyl (C=O) groups excluding carboxylic acids is 1. The Morgan fingerprint density at radius 3 is 3.00 bits per heavy atom. The standard InChI is InChI=1S/C10H10FN5O/c11-9-2-1-7(10(17)15-12)3-8(9)4-16-6-13-5-14-16/h1-3,5-6H,4,12H2,(H,15,17). The number of carbonyl (C=O) groups is 1. The van der Waals surface area contributed by atoms with Gasteiger partial charge in [-0.05, 0) is 18.2 Å². The molecule has 88 valence electrons. The van der Waals surface area contributed by atoms with Gasteiger partial charge in [-0.25, -0.2) is 19.9 Å². The third-order valence-corrected chi connectivity index (χ3v) is 2.24. The van der Waals surface area contributed by atoms with Crippen LogP contribution in [0.25, 0.3) is 0 Å². The number of amides is 1. The molecule has 1 aromatic heterocycles. The quantitative estimate of drug-likeness (QED) is 0.448. The van der Waals surface area contributed by atoms with Crippen molar-refractivity contribution >= 4 is 5.91 Å². The molecule has 1 aromatic carbocycles. The highest BCUT2D eigenvalue weighted by Crippen LogP contribution is 2.11. The van der Waals surface area contributed by atoms with Crippen LogP contribution in [0.5, 0.6) is 0 Å². The first-order valence-electron chi connectivity index (χ1n) is 4.82. The van der Waals surface area contributed by atoms with E-state index in [0.29, 0.717) is 11.1 Å². The molecule has 2 aromatic rings. The molecule has 0 aliphatic heterocycles. The van der Waals surface area contributed by atoms with Crippen molar-refractivity contribution in [3.8, 4) is 0 Å². The number of aromatic nitrogens is 3. The van der Waals surface area contributed by atoms with Crippen molar-refractivity contribution in [2.45, 2.75) is 6.54 Å². The molecule has 0 bridgehead atoms. The van der Waals surface area contributed by atoms with Crippen molar-refractivity contribution in [3.63, 3.8) is 0 Å². The summed E-state index contributed by atoms with van der Waals surface area (Å²) in [5, 5.41) is 3.86. The topological polar surface area (TPSA) is 85.8 Å². The number of hydrogen-bond acceptors (Lipinski definition) is 4. The van der Waals surface area contributed by atoms with Crippen LogP contribution in [0, 0.1) is 5.82 Å². The Morgan fingerprint density at radius 1 is 1.53 bits per heavy atom. The number of halogens is 1. The molecule has 17 heavy (non-hydrogen) atoms. The smallest absolute Gasteiger partial charge is 0.265 e. The van der Waals surface area contributed by atoms with Gasteiger partial charge in [0.2, 0.25) is 0 Å². The van der Waals surface area contributed by atoms with Gasteiger partial charge in [-0.1, -0.05) is 0 Å². The van der Waals surface area contributed by atoms with Crippen molar-refractivity contribution in [2.75, 3.05) is 0 Å². The Bertz CT molecular complexity index is 525. The van der Waals surface area contributed by atoms with Crippen LogP contribution in [0.15, 0.2) is 30.9 Å². The molecule has 0 aliphatic carbocycles. The predicted molar refractivity (Wildman–Crippen MR) is 57.2 cm³/mol. The van der Waals surface area contributed by atoms with Crippen LogP contribution in [-0.4, -0.2) is 20.7 Å². The molecule has 1 heterocycles. The molecular formula is C10H10FN5O. The number of hydrazine groups is 1. The van der Waals surface area contributed by atoms with E-state index >= 15 is 0 Å². The minimum atomic E-state index is -0.468. The van der Waals surface area contributed by atoms with Crippen LogP contribution in [0.1, 0.15) is 15.9 Å². The highest BCUT2D eigenvalue weighted by Gasteiger charge is 2.09.